The first kappa shape index (κ1) is 50.0. The van der Waals surface area contributed by atoms with Crippen LogP contribution < -0.4 is 36.6 Å². The van der Waals surface area contributed by atoms with Gasteiger partial charge in [-0.05, 0) is 125 Å². The second-order valence-corrected chi connectivity index (χ2v) is 15.1. The summed E-state index contributed by atoms with van der Waals surface area (Å²) < 4.78 is 6.52. The van der Waals surface area contributed by atoms with E-state index in [-0.39, 0.29) is 44.9 Å². The van der Waals surface area contributed by atoms with Gasteiger partial charge < -0.3 is 52.0 Å². The molecule has 0 bridgehead atoms. The first-order valence-corrected chi connectivity index (χ1v) is 21.0. The molecule has 17 nitrogen and oxygen atoms in total. The molecular weight excluding hydrogens is 979 g/mol. The van der Waals surface area contributed by atoms with E-state index in [9.17, 15) is 29.7 Å². The molecule has 0 saturated carbocycles. The Labute approximate surface area is 406 Å². The summed E-state index contributed by atoms with van der Waals surface area (Å²) in [4.78, 5) is 39.9. The smallest absolute Gasteiger partial charge is 0.323 e. The highest BCUT2D eigenvalue weighted by Crippen LogP contribution is 2.31. The summed E-state index contributed by atoms with van der Waals surface area (Å²) in [5, 5.41) is 71.3. The zero-order chi connectivity index (χ0) is 49.0. The van der Waals surface area contributed by atoms with Crippen molar-refractivity contribution in [3.8, 4) is 41.2 Å². The van der Waals surface area contributed by atoms with Gasteiger partial charge >= 0.3 is 18.1 Å². The van der Waals surface area contributed by atoms with E-state index in [0.29, 0.717) is 45.6 Å². The number of phenols is 3. The molecule has 0 unspecified atom stereocenters. The number of carbonyl (C=O) groups excluding carboxylic acids is 3. The summed E-state index contributed by atoms with van der Waals surface area (Å²) in [5.41, 5.74) is 3.89. The second-order valence-electron chi connectivity index (χ2n) is 13.5. The molecule has 68 heavy (non-hydrogen) atoms. The van der Waals surface area contributed by atoms with E-state index >= 15 is 0 Å². The maximum atomic E-state index is 12.3. The first-order valence-electron chi connectivity index (χ1n) is 19.5. The quantitative estimate of drug-likeness (QED) is 0.0613. The third kappa shape index (κ3) is 15.1. The van der Waals surface area contributed by atoms with Gasteiger partial charge in [-0.2, -0.15) is 15.8 Å². The van der Waals surface area contributed by atoms with Crippen molar-refractivity contribution in [1.82, 2.24) is 4.98 Å². The maximum absolute atomic E-state index is 12.3. The van der Waals surface area contributed by atoms with Gasteiger partial charge in [0.25, 0.3) is 0 Å². The number of hydrogen-bond donors (Lipinski definition) is 9. The molecule has 0 spiro atoms. The fraction of sp³-hybridized carbons (Fsp3) is 0.0208. The molecule has 20 heteroatoms. The van der Waals surface area contributed by atoms with E-state index in [1.54, 1.807) is 73.1 Å². The SMILES string of the molecule is N#Cc1ccc(NC(=O)Nc2cccc(Cl)c2Cl)c(O)c1.N#Cc1ccc(NC(=O)Nc2ccccc2Br)c(O)c1.N#Cc1ccc(NC(=O)Nc2ccccc2OCc2ccncc2)c(O)c1. The lowest BCUT2D eigenvalue weighted by molar-refractivity contribution is 0.261. The number of amides is 6. The lowest BCUT2D eigenvalue weighted by atomic mass is 10.2. The van der Waals surface area contributed by atoms with Crippen molar-refractivity contribution in [3.63, 3.8) is 0 Å². The predicted octanol–water partition coefficient (Wildman–Crippen LogP) is 11.8. The summed E-state index contributed by atoms with van der Waals surface area (Å²) in [6.07, 6.45) is 3.36. The molecule has 0 saturated heterocycles. The number of benzene rings is 6. The third-order valence-corrected chi connectivity index (χ3v) is 10.2. The van der Waals surface area contributed by atoms with E-state index in [4.69, 9.17) is 43.7 Å². The number of ether oxygens (including phenoxy) is 1. The van der Waals surface area contributed by atoms with Crippen LogP contribution in [0.3, 0.4) is 0 Å². The number of anilines is 6. The largest absolute Gasteiger partial charge is 0.506 e. The number of aromatic nitrogens is 1. The average molecular weight is 1010 g/mol. The number of halogens is 3. The number of para-hydroxylation sites is 3. The highest BCUT2D eigenvalue weighted by atomic mass is 79.9. The van der Waals surface area contributed by atoms with Crippen LogP contribution in [0.25, 0.3) is 0 Å². The van der Waals surface area contributed by atoms with E-state index < -0.39 is 18.1 Å². The number of rotatable bonds is 9. The lowest BCUT2D eigenvalue weighted by Crippen LogP contribution is -2.20. The minimum atomic E-state index is -0.598. The average Bonchev–Trinajstić information content (AvgIpc) is 3.33. The zero-order valence-electron chi connectivity index (χ0n) is 35.0. The van der Waals surface area contributed by atoms with Crippen LogP contribution in [0.15, 0.2) is 150 Å². The number of aromatic hydroxyl groups is 3. The molecule has 6 aromatic carbocycles. The van der Waals surface area contributed by atoms with Crippen molar-refractivity contribution >= 4 is 91.3 Å². The number of hydrogen-bond acceptors (Lipinski definition) is 11. The Balaban J connectivity index is 0.000000194. The minimum absolute atomic E-state index is 0.161. The molecule has 6 amide bonds. The third-order valence-electron chi connectivity index (χ3n) is 8.73. The molecule has 1 heterocycles. The Morgan fingerprint density at radius 3 is 1.41 bits per heavy atom. The van der Waals surface area contributed by atoms with E-state index in [1.165, 1.54) is 54.6 Å². The molecule has 0 atom stereocenters. The summed E-state index contributed by atoms with van der Waals surface area (Å²) >= 11 is 15.1. The molecule has 0 radical (unpaired) electrons. The molecule has 9 N–H and O–H groups in total. The standard InChI is InChI=1S/C20H16N4O3.C14H10BrN3O2.C14H9Cl2N3O2/c21-12-15-5-6-16(18(25)11-15)23-20(26)24-17-3-1-2-4-19(17)27-13-14-7-9-22-10-8-14;15-10-3-1-2-4-11(10)17-14(20)18-12-6-5-9(8-16)7-13(12)19;15-9-2-1-3-11(13(9)16)19-14(21)18-10-5-4-8(7-17)6-12(10)20/h1-11,25H,13H2,(H2,23,24,26);1-7,19H,(H2,17,18,20);1-6,20H,(H2,18,19,21). The highest BCUT2D eigenvalue weighted by molar-refractivity contribution is 9.10. The Morgan fingerprint density at radius 2 is 0.941 bits per heavy atom. The number of pyridine rings is 1. The van der Waals surface area contributed by atoms with Crippen molar-refractivity contribution in [2.45, 2.75) is 6.61 Å². The van der Waals surface area contributed by atoms with Crippen LogP contribution in [0, 0.1) is 34.0 Å². The topological polar surface area (TPSA) is 278 Å². The number of nitrogens with one attached hydrogen (secondary N) is 6. The van der Waals surface area contributed by atoms with E-state index in [2.05, 4.69) is 52.8 Å². The van der Waals surface area contributed by atoms with Crippen molar-refractivity contribution in [3.05, 3.63) is 183 Å². The van der Waals surface area contributed by atoms with Crippen LogP contribution in [0.4, 0.5) is 48.5 Å². The van der Waals surface area contributed by atoms with Gasteiger partial charge in [-0.3, -0.25) is 4.98 Å². The predicted molar refractivity (Wildman–Crippen MR) is 262 cm³/mol. The lowest BCUT2D eigenvalue weighted by Gasteiger charge is -2.13. The van der Waals surface area contributed by atoms with Gasteiger partial charge in [-0.1, -0.05) is 53.5 Å². The Hall–Kier alpha value is -8.99. The van der Waals surface area contributed by atoms with Crippen molar-refractivity contribution < 1.29 is 34.4 Å². The number of nitriles is 3. The number of phenolic OH excluding ortho intramolecular Hbond substituents is 3. The van der Waals surface area contributed by atoms with Gasteiger partial charge in [0.05, 0.1) is 79.1 Å². The van der Waals surface area contributed by atoms with Crippen LogP contribution >= 0.6 is 39.1 Å². The normalized spacial score (nSPS) is 9.76. The highest BCUT2D eigenvalue weighted by Gasteiger charge is 2.13. The zero-order valence-corrected chi connectivity index (χ0v) is 38.1. The van der Waals surface area contributed by atoms with Gasteiger partial charge in [-0.15, -0.1) is 0 Å². The number of urea groups is 3. The molecule has 0 aliphatic carbocycles. The van der Waals surface area contributed by atoms with Gasteiger partial charge in [0.2, 0.25) is 0 Å². The Morgan fingerprint density at radius 1 is 0.529 bits per heavy atom. The van der Waals surface area contributed by atoms with Crippen LogP contribution in [-0.4, -0.2) is 38.4 Å². The maximum Gasteiger partial charge on any atom is 0.323 e. The summed E-state index contributed by atoms with van der Waals surface area (Å²) in [7, 11) is 0. The fourth-order valence-corrected chi connectivity index (χ4v) is 6.18. The van der Waals surface area contributed by atoms with Crippen LogP contribution in [0.1, 0.15) is 22.3 Å². The van der Waals surface area contributed by atoms with E-state index in [0.717, 1.165) is 10.0 Å². The summed E-state index contributed by atoms with van der Waals surface area (Å²) in [6, 6.07) is 39.4. The van der Waals surface area contributed by atoms with Gasteiger partial charge in [0.15, 0.2) is 0 Å². The summed E-state index contributed by atoms with van der Waals surface area (Å²) in [5.74, 6) is -0.0485. The first-order chi connectivity index (χ1) is 32.8. The molecule has 340 valence electrons. The van der Waals surface area contributed by atoms with Crippen molar-refractivity contribution in [2.24, 2.45) is 0 Å². The van der Waals surface area contributed by atoms with Crippen molar-refractivity contribution in [1.29, 1.82) is 15.8 Å². The molecule has 1 aromatic heterocycles. The summed E-state index contributed by atoms with van der Waals surface area (Å²) in [6.45, 7) is 0.333. The Bertz CT molecular complexity index is 3070. The number of carbonyl (C=O) groups is 3. The second kappa shape index (κ2) is 24.9. The molecule has 7 rings (SSSR count). The molecule has 7 aromatic rings. The van der Waals surface area contributed by atoms with E-state index in [1.807, 2.05) is 36.4 Å². The van der Waals surface area contributed by atoms with Gasteiger partial charge in [0.1, 0.15) is 29.6 Å². The Kier molecular flexibility index (Phi) is 18.3. The fourth-order valence-electron chi connectivity index (χ4n) is 5.45. The monoisotopic (exact) mass is 1010 g/mol. The number of nitrogens with zero attached hydrogens (tertiary/aromatic N) is 4. The molecule has 0 aliphatic rings. The minimum Gasteiger partial charge on any atom is -0.506 e. The van der Waals surface area contributed by atoms with Crippen LogP contribution in [0.5, 0.6) is 23.0 Å². The van der Waals surface area contributed by atoms with Crippen LogP contribution in [-0.2, 0) is 6.61 Å². The van der Waals surface area contributed by atoms with Crippen molar-refractivity contribution in [2.75, 3.05) is 31.9 Å². The molecular formula is C48H35BrCl2N10O7. The van der Waals surface area contributed by atoms with Gasteiger partial charge in [-0.25, -0.2) is 14.4 Å². The van der Waals surface area contributed by atoms with Crippen LogP contribution in [0.2, 0.25) is 10.0 Å². The van der Waals surface area contributed by atoms with Gasteiger partial charge in [0, 0.05) is 16.9 Å². The molecule has 0 aliphatic heterocycles. The molecule has 0 fully saturated rings.